The molecular weight excluding hydrogens is 326 g/mol. The molecule has 1 aliphatic heterocycles. The van der Waals surface area contributed by atoms with Crippen molar-refractivity contribution in [2.24, 2.45) is 0 Å². The average Bonchev–Trinajstić information content (AvgIpc) is 3.11. The van der Waals surface area contributed by atoms with Crippen molar-refractivity contribution in [3.8, 4) is 0 Å². The molecule has 3 heterocycles. The fraction of sp³-hybridized carbons (Fsp3) is 0.588. The molecule has 2 aromatic heterocycles. The van der Waals surface area contributed by atoms with Crippen molar-refractivity contribution >= 4 is 17.5 Å². The molecule has 0 aromatic carbocycles. The van der Waals surface area contributed by atoms with E-state index in [4.69, 9.17) is 11.6 Å². The smallest absolute Gasteiger partial charge is 0.244 e. The molecule has 1 fully saturated rings. The second-order valence-electron chi connectivity index (χ2n) is 6.45. The highest BCUT2D eigenvalue weighted by Crippen LogP contribution is 2.21. The number of nitrogens with zero attached hydrogens (tertiary/aromatic N) is 5. The molecule has 130 valence electrons. The molecule has 0 radical (unpaired) electrons. The van der Waals surface area contributed by atoms with E-state index in [1.165, 1.54) is 6.42 Å². The molecule has 1 saturated heterocycles. The monoisotopic (exact) mass is 349 g/mol. The first kappa shape index (κ1) is 17.0. The van der Waals surface area contributed by atoms with Crippen LogP contribution in [0.3, 0.4) is 0 Å². The normalized spacial score (nSPS) is 18.1. The molecule has 1 aliphatic rings. The Balaban J connectivity index is 1.62. The largest absolute Gasteiger partial charge is 0.338 e. The number of amides is 1. The van der Waals surface area contributed by atoms with Crippen LogP contribution in [0.25, 0.3) is 0 Å². The van der Waals surface area contributed by atoms with Gasteiger partial charge in [-0.2, -0.15) is 5.10 Å². The number of aryl methyl sites for hydroxylation is 3. The van der Waals surface area contributed by atoms with Crippen LogP contribution in [-0.4, -0.2) is 42.7 Å². The minimum Gasteiger partial charge on any atom is -0.338 e. The van der Waals surface area contributed by atoms with Crippen molar-refractivity contribution in [1.29, 1.82) is 0 Å². The number of piperidine rings is 1. The predicted molar refractivity (Wildman–Crippen MR) is 92.9 cm³/mol. The van der Waals surface area contributed by atoms with Crippen molar-refractivity contribution in [2.45, 2.75) is 58.7 Å². The molecule has 0 unspecified atom stereocenters. The van der Waals surface area contributed by atoms with E-state index in [-0.39, 0.29) is 12.5 Å². The topological polar surface area (TPSA) is 56.0 Å². The van der Waals surface area contributed by atoms with Crippen LogP contribution in [0.1, 0.15) is 37.2 Å². The molecule has 1 atom stereocenters. The number of hydrogen-bond acceptors (Lipinski definition) is 3. The van der Waals surface area contributed by atoms with E-state index in [1.807, 2.05) is 31.1 Å². The van der Waals surface area contributed by atoms with Gasteiger partial charge in [-0.3, -0.25) is 9.48 Å². The number of carbonyl (C=O) groups excluding carboxylic acids is 1. The van der Waals surface area contributed by atoms with Crippen molar-refractivity contribution in [3.63, 3.8) is 0 Å². The first-order valence-electron chi connectivity index (χ1n) is 8.51. The minimum atomic E-state index is 0.126. The summed E-state index contributed by atoms with van der Waals surface area (Å²) in [7, 11) is 0. The maximum absolute atomic E-state index is 12.7. The van der Waals surface area contributed by atoms with Crippen LogP contribution in [-0.2, 0) is 17.9 Å². The van der Waals surface area contributed by atoms with Gasteiger partial charge in [-0.15, -0.1) is 0 Å². The first-order valence-corrected chi connectivity index (χ1v) is 8.89. The number of halogens is 1. The number of rotatable bonds is 5. The molecule has 6 nitrogen and oxygen atoms in total. The Labute approximate surface area is 147 Å². The molecule has 2 aromatic rings. The summed E-state index contributed by atoms with van der Waals surface area (Å²) in [5.41, 5.74) is 0.759. The standard InChI is InChI=1S/C17H24ClN5O/c1-13-16(18)11-22(20-13)12-17(24)23-8-4-3-5-15(23)6-9-21-10-7-19-14(21)2/h7,10-11,15H,3-6,8-9,12H2,1-2H3/t15-/m1/s1. The SMILES string of the molecule is Cc1nn(CC(=O)N2CCCC[C@@H]2CCn2ccnc2C)cc1Cl. The third kappa shape index (κ3) is 3.80. The van der Waals surface area contributed by atoms with E-state index < -0.39 is 0 Å². The Kier molecular flexibility index (Phi) is 5.23. The molecule has 0 spiro atoms. The summed E-state index contributed by atoms with van der Waals surface area (Å²) >= 11 is 6.03. The lowest BCUT2D eigenvalue weighted by Crippen LogP contribution is -2.45. The van der Waals surface area contributed by atoms with Gasteiger partial charge in [0.1, 0.15) is 12.4 Å². The summed E-state index contributed by atoms with van der Waals surface area (Å²) in [6.07, 6.45) is 9.83. The van der Waals surface area contributed by atoms with E-state index in [2.05, 4.69) is 14.6 Å². The summed E-state index contributed by atoms with van der Waals surface area (Å²) in [5, 5.41) is 4.90. The van der Waals surface area contributed by atoms with E-state index >= 15 is 0 Å². The summed E-state index contributed by atoms with van der Waals surface area (Å²) in [4.78, 5) is 19.0. The quantitative estimate of drug-likeness (QED) is 0.834. The van der Waals surface area contributed by atoms with Crippen molar-refractivity contribution in [3.05, 3.63) is 35.1 Å². The molecule has 0 aliphatic carbocycles. The lowest BCUT2D eigenvalue weighted by atomic mass is 9.99. The maximum atomic E-state index is 12.7. The summed E-state index contributed by atoms with van der Waals surface area (Å²) in [6, 6.07) is 0.292. The van der Waals surface area contributed by atoms with Crippen molar-refractivity contribution in [2.75, 3.05) is 6.54 Å². The van der Waals surface area contributed by atoms with Crippen LogP contribution in [0.15, 0.2) is 18.6 Å². The average molecular weight is 350 g/mol. The van der Waals surface area contributed by atoms with Gasteiger partial charge in [0.25, 0.3) is 0 Å². The van der Waals surface area contributed by atoms with Gasteiger partial charge in [0.05, 0.1) is 10.7 Å². The molecule has 0 bridgehead atoms. The van der Waals surface area contributed by atoms with E-state index in [0.29, 0.717) is 11.1 Å². The minimum absolute atomic E-state index is 0.126. The van der Waals surface area contributed by atoms with Gasteiger partial charge in [-0.25, -0.2) is 4.98 Å². The van der Waals surface area contributed by atoms with Crippen molar-refractivity contribution in [1.82, 2.24) is 24.2 Å². The summed E-state index contributed by atoms with van der Waals surface area (Å²) in [6.45, 7) is 5.84. The molecule has 0 N–H and O–H groups in total. The lowest BCUT2D eigenvalue weighted by molar-refractivity contribution is -0.136. The fourth-order valence-electron chi connectivity index (χ4n) is 3.36. The van der Waals surface area contributed by atoms with Gasteiger partial charge in [-0.1, -0.05) is 11.6 Å². The molecule has 7 heteroatoms. The Hall–Kier alpha value is -1.82. The number of aromatic nitrogens is 4. The van der Waals surface area contributed by atoms with Crippen LogP contribution >= 0.6 is 11.6 Å². The summed E-state index contributed by atoms with van der Waals surface area (Å²) < 4.78 is 3.79. The highest BCUT2D eigenvalue weighted by Gasteiger charge is 2.26. The van der Waals surface area contributed by atoms with Crippen molar-refractivity contribution < 1.29 is 4.79 Å². The second kappa shape index (κ2) is 7.38. The van der Waals surface area contributed by atoms with Crippen LogP contribution in [0.2, 0.25) is 5.02 Å². The van der Waals surface area contributed by atoms with Gasteiger partial charge in [0, 0.05) is 37.7 Å². The zero-order chi connectivity index (χ0) is 17.1. The number of likely N-dealkylation sites (tertiary alicyclic amines) is 1. The Morgan fingerprint density at radius 2 is 2.21 bits per heavy atom. The lowest BCUT2D eigenvalue weighted by Gasteiger charge is -2.36. The Morgan fingerprint density at radius 1 is 1.38 bits per heavy atom. The fourth-order valence-corrected chi connectivity index (χ4v) is 3.51. The van der Waals surface area contributed by atoms with E-state index in [1.54, 1.807) is 10.9 Å². The third-order valence-corrected chi connectivity index (χ3v) is 5.13. The van der Waals surface area contributed by atoms with Gasteiger partial charge in [0.2, 0.25) is 5.91 Å². The number of hydrogen-bond donors (Lipinski definition) is 0. The number of imidazole rings is 1. The summed E-state index contributed by atoms with van der Waals surface area (Å²) in [5.74, 6) is 1.14. The molecular formula is C17H24ClN5O. The van der Waals surface area contributed by atoms with Gasteiger partial charge in [0.15, 0.2) is 0 Å². The highest BCUT2D eigenvalue weighted by atomic mass is 35.5. The Bertz CT molecular complexity index is 688. The predicted octanol–water partition coefficient (Wildman–Crippen LogP) is 2.82. The third-order valence-electron chi connectivity index (χ3n) is 4.76. The van der Waals surface area contributed by atoms with Crippen LogP contribution in [0, 0.1) is 13.8 Å². The molecule has 3 rings (SSSR count). The first-order chi connectivity index (χ1) is 11.5. The molecule has 1 amide bonds. The Morgan fingerprint density at radius 3 is 2.88 bits per heavy atom. The maximum Gasteiger partial charge on any atom is 0.244 e. The zero-order valence-electron chi connectivity index (χ0n) is 14.3. The van der Waals surface area contributed by atoms with E-state index in [9.17, 15) is 4.79 Å². The molecule has 0 saturated carbocycles. The van der Waals surface area contributed by atoms with Crippen LogP contribution < -0.4 is 0 Å². The van der Waals surface area contributed by atoms with Gasteiger partial charge in [-0.05, 0) is 39.5 Å². The van der Waals surface area contributed by atoms with Crippen LogP contribution in [0.4, 0.5) is 0 Å². The molecule has 24 heavy (non-hydrogen) atoms. The zero-order valence-corrected chi connectivity index (χ0v) is 15.0. The van der Waals surface area contributed by atoms with Crippen LogP contribution in [0.5, 0.6) is 0 Å². The van der Waals surface area contributed by atoms with Gasteiger partial charge < -0.3 is 9.47 Å². The van der Waals surface area contributed by atoms with Gasteiger partial charge >= 0.3 is 0 Å². The highest BCUT2D eigenvalue weighted by molar-refractivity contribution is 6.31. The van der Waals surface area contributed by atoms with E-state index in [0.717, 1.165) is 43.9 Å². The second-order valence-corrected chi connectivity index (χ2v) is 6.86. The number of carbonyl (C=O) groups is 1.